The Labute approximate surface area is 361 Å². The standard InChI is InChI=1S/C57H35N5O/c1-3-15-36(16-4-1)39-19-13-20-40(35-39)37-29-31-41(32-30-37)61-48-25-10-7-21-42(48)44-33-34-45-43-22-8-11-26-49(43)62(54(45)53(44)61)57-59-55(38-17-5-2-6-18-38)58-56(60-57)47-24-14-28-51-52(47)46-23-9-12-27-50(46)63-51/h1-35H. The van der Waals surface area contributed by atoms with Gasteiger partial charge in [-0.1, -0.05) is 170 Å². The molecule has 294 valence electrons. The Kier molecular flexibility index (Phi) is 7.80. The number of nitrogens with zero attached hydrogens (tertiary/aromatic N) is 5. The lowest BCUT2D eigenvalue weighted by atomic mass is 9.99. The zero-order valence-corrected chi connectivity index (χ0v) is 33.9. The first kappa shape index (κ1) is 35.2. The van der Waals surface area contributed by atoms with Gasteiger partial charge >= 0.3 is 0 Å². The molecule has 0 fully saturated rings. The minimum absolute atomic E-state index is 0.535. The van der Waals surface area contributed by atoms with Crippen LogP contribution in [0.2, 0.25) is 0 Å². The second-order valence-corrected chi connectivity index (χ2v) is 16.0. The second kappa shape index (κ2) is 14.0. The van der Waals surface area contributed by atoms with Crippen LogP contribution in [0.3, 0.4) is 0 Å². The van der Waals surface area contributed by atoms with Crippen LogP contribution < -0.4 is 0 Å². The first-order chi connectivity index (χ1) is 31.2. The third-order valence-corrected chi connectivity index (χ3v) is 12.4. The molecule has 0 aliphatic heterocycles. The normalized spacial score (nSPS) is 11.8. The van der Waals surface area contributed by atoms with Gasteiger partial charge in [-0.2, -0.15) is 9.97 Å². The number of hydrogen-bond acceptors (Lipinski definition) is 4. The van der Waals surface area contributed by atoms with Gasteiger partial charge in [0.1, 0.15) is 11.2 Å². The molecule has 4 aromatic heterocycles. The van der Waals surface area contributed by atoms with Gasteiger partial charge in [-0.3, -0.25) is 4.57 Å². The summed E-state index contributed by atoms with van der Waals surface area (Å²) in [5, 5.41) is 6.54. The fourth-order valence-electron chi connectivity index (χ4n) is 9.55. The van der Waals surface area contributed by atoms with Crippen molar-refractivity contribution < 1.29 is 4.42 Å². The molecule has 0 aliphatic carbocycles. The summed E-state index contributed by atoms with van der Waals surface area (Å²) in [6, 6.07) is 74.5. The molecule has 0 aliphatic rings. The Morgan fingerprint density at radius 3 is 1.57 bits per heavy atom. The van der Waals surface area contributed by atoms with Crippen molar-refractivity contribution in [2.24, 2.45) is 0 Å². The van der Waals surface area contributed by atoms with E-state index in [4.69, 9.17) is 19.4 Å². The summed E-state index contributed by atoms with van der Waals surface area (Å²) in [4.78, 5) is 16.0. The third-order valence-electron chi connectivity index (χ3n) is 12.4. The highest BCUT2D eigenvalue weighted by molar-refractivity contribution is 6.23. The molecule has 0 unspecified atom stereocenters. The molecule has 0 atom stereocenters. The van der Waals surface area contributed by atoms with Gasteiger partial charge < -0.3 is 8.98 Å². The highest BCUT2D eigenvalue weighted by Crippen LogP contribution is 2.43. The molecule has 0 saturated heterocycles. The number of fused-ring (bicyclic) bond motifs is 10. The van der Waals surface area contributed by atoms with E-state index < -0.39 is 0 Å². The van der Waals surface area contributed by atoms with Crippen LogP contribution in [-0.2, 0) is 0 Å². The Balaban J connectivity index is 1.08. The smallest absolute Gasteiger partial charge is 0.238 e. The van der Waals surface area contributed by atoms with Crippen LogP contribution in [0.5, 0.6) is 0 Å². The van der Waals surface area contributed by atoms with Crippen LogP contribution in [0.1, 0.15) is 0 Å². The number of aromatic nitrogens is 5. The molecule has 0 bridgehead atoms. The van der Waals surface area contributed by atoms with Gasteiger partial charge in [0.05, 0.1) is 22.1 Å². The zero-order valence-electron chi connectivity index (χ0n) is 33.9. The van der Waals surface area contributed by atoms with Gasteiger partial charge in [0.15, 0.2) is 11.6 Å². The van der Waals surface area contributed by atoms with E-state index in [0.717, 1.165) is 82.5 Å². The number of hydrogen-bond donors (Lipinski definition) is 0. The predicted molar refractivity (Wildman–Crippen MR) is 258 cm³/mol. The molecular formula is C57H35N5O. The zero-order chi connectivity index (χ0) is 41.4. The van der Waals surface area contributed by atoms with Crippen molar-refractivity contribution in [1.29, 1.82) is 0 Å². The maximum absolute atomic E-state index is 6.36. The molecule has 0 spiro atoms. The molecule has 0 N–H and O–H groups in total. The summed E-state index contributed by atoms with van der Waals surface area (Å²) < 4.78 is 11.0. The first-order valence-electron chi connectivity index (χ1n) is 21.2. The summed E-state index contributed by atoms with van der Waals surface area (Å²) in [5.74, 6) is 1.69. The summed E-state index contributed by atoms with van der Waals surface area (Å²) in [5.41, 5.74) is 13.4. The van der Waals surface area contributed by atoms with E-state index >= 15 is 0 Å². The largest absolute Gasteiger partial charge is 0.456 e. The Bertz CT molecular complexity index is 3900. The highest BCUT2D eigenvalue weighted by atomic mass is 16.3. The summed E-state index contributed by atoms with van der Waals surface area (Å²) in [6.45, 7) is 0. The molecule has 6 nitrogen and oxygen atoms in total. The van der Waals surface area contributed by atoms with Gasteiger partial charge in [-0.05, 0) is 64.7 Å². The molecule has 6 heteroatoms. The van der Waals surface area contributed by atoms with Gasteiger partial charge in [0.2, 0.25) is 5.95 Å². The third kappa shape index (κ3) is 5.55. The summed E-state index contributed by atoms with van der Waals surface area (Å²) in [6.07, 6.45) is 0. The van der Waals surface area contributed by atoms with E-state index in [1.807, 2.05) is 48.5 Å². The predicted octanol–water partition coefficient (Wildman–Crippen LogP) is 14.6. The van der Waals surface area contributed by atoms with E-state index in [0.29, 0.717) is 17.6 Å². The lowest BCUT2D eigenvalue weighted by molar-refractivity contribution is 0.669. The minimum atomic E-state index is 0.535. The molecule has 13 rings (SSSR count). The topological polar surface area (TPSA) is 61.7 Å². The molecule has 13 aromatic rings. The van der Waals surface area contributed by atoms with Crippen molar-refractivity contribution in [2.75, 3.05) is 0 Å². The van der Waals surface area contributed by atoms with Gasteiger partial charge in [0, 0.05) is 49.1 Å². The molecule has 0 radical (unpaired) electrons. The minimum Gasteiger partial charge on any atom is -0.456 e. The van der Waals surface area contributed by atoms with Gasteiger partial charge in [0.25, 0.3) is 0 Å². The summed E-state index contributed by atoms with van der Waals surface area (Å²) >= 11 is 0. The fraction of sp³-hybridized carbons (Fsp3) is 0. The van der Waals surface area contributed by atoms with Crippen LogP contribution in [0, 0.1) is 0 Å². The van der Waals surface area contributed by atoms with Gasteiger partial charge in [-0.15, -0.1) is 0 Å². The summed E-state index contributed by atoms with van der Waals surface area (Å²) in [7, 11) is 0. The fourth-order valence-corrected chi connectivity index (χ4v) is 9.55. The first-order valence-corrected chi connectivity index (χ1v) is 21.2. The van der Waals surface area contributed by atoms with Crippen molar-refractivity contribution in [3.63, 3.8) is 0 Å². The number of furan rings is 1. The van der Waals surface area contributed by atoms with Crippen molar-refractivity contribution in [3.8, 4) is 56.7 Å². The van der Waals surface area contributed by atoms with E-state index in [1.54, 1.807) is 0 Å². The van der Waals surface area contributed by atoms with E-state index in [-0.39, 0.29) is 0 Å². The maximum atomic E-state index is 6.36. The van der Waals surface area contributed by atoms with Crippen LogP contribution >= 0.6 is 0 Å². The quantitative estimate of drug-likeness (QED) is 0.168. The molecule has 0 saturated carbocycles. The Hall–Kier alpha value is -8.61. The van der Waals surface area contributed by atoms with Crippen LogP contribution in [0.15, 0.2) is 217 Å². The van der Waals surface area contributed by atoms with Gasteiger partial charge in [-0.25, -0.2) is 4.98 Å². The average Bonchev–Trinajstić information content (AvgIpc) is 4.03. The molecule has 9 aromatic carbocycles. The monoisotopic (exact) mass is 805 g/mol. The maximum Gasteiger partial charge on any atom is 0.238 e. The second-order valence-electron chi connectivity index (χ2n) is 16.0. The lowest BCUT2D eigenvalue weighted by Gasteiger charge is -2.14. The highest BCUT2D eigenvalue weighted by Gasteiger charge is 2.24. The van der Waals surface area contributed by atoms with Crippen molar-refractivity contribution >= 4 is 65.6 Å². The van der Waals surface area contributed by atoms with Crippen LogP contribution in [-0.4, -0.2) is 24.1 Å². The van der Waals surface area contributed by atoms with Crippen molar-refractivity contribution in [1.82, 2.24) is 24.1 Å². The molecular weight excluding hydrogens is 771 g/mol. The number of rotatable bonds is 6. The number of benzene rings is 9. The molecule has 63 heavy (non-hydrogen) atoms. The van der Waals surface area contributed by atoms with Crippen molar-refractivity contribution in [3.05, 3.63) is 212 Å². The van der Waals surface area contributed by atoms with E-state index in [2.05, 4.69) is 173 Å². The lowest BCUT2D eigenvalue weighted by Crippen LogP contribution is -2.07. The number of para-hydroxylation sites is 3. The average molecular weight is 806 g/mol. The van der Waals surface area contributed by atoms with Crippen LogP contribution in [0.25, 0.3) is 122 Å². The molecule has 4 heterocycles. The van der Waals surface area contributed by atoms with Crippen molar-refractivity contribution in [2.45, 2.75) is 0 Å². The Morgan fingerprint density at radius 2 is 0.857 bits per heavy atom. The van der Waals surface area contributed by atoms with E-state index in [9.17, 15) is 0 Å². The molecule has 0 amide bonds. The Morgan fingerprint density at radius 1 is 0.333 bits per heavy atom. The van der Waals surface area contributed by atoms with E-state index in [1.165, 1.54) is 22.1 Å². The van der Waals surface area contributed by atoms with Crippen LogP contribution in [0.4, 0.5) is 0 Å². The SMILES string of the molecule is c1ccc(-c2cccc(-c3ccc(-n4c5ccccc5c5ccc6c7ccccc7n(-c7nc(-c8ccccc8)nc(-c8cccc9oc%10ccccc%10c89)n7)c6c54)cc3)c2)cc1.